The standard InChI is InChI=1S/C30H22N4O2/c35-29(36)20-16-17-24-25(18-20)33-28(27-26(24)31-19-32-27)34-30(21-10-4-1-5-11-21,22-12-6-2-7-13-22)23-14-8-3-9-15-23/h1-19H,(H,31,32)(H,33,34)(H,35,36). The molecule has 0 atom stereocenters. The van der Waals surface area contributed by atoms with E-state index in [-0.39, 0.29) is 5.56 Å². The Hall–Kier alpha value is -4.97. The van der Waals surface area contributed by atoms with Gasteiger partial charge in [0, 0.05) is 5.39 Å². The van der Waals surface area contributed by atoms with Crippen molar-refractivity contribution in [3.8, 4) is 0 Å². The van der Waals surface area contributed by atoms with Crippen molar-refractivity contribution in [1.29, 1.82) is 0 Å². The summed E-state index contributed by atoms with van der Waals surface area (Å²) >= 11 is 0. The quantitative estimate of drug-likeness (QED) is 0.252. The molecule has 0 radical (unpaired) electrons. The van der Waals surface area contributed by atoms with Gasteiger partial charge in [-0.25, -0.2) is 14.8 Å². The highest BCUT2D eigenvalue weighted by Crippen LogP contribution is 2.41. The van der Waals surface area contributed by atoms with Gasteiger partial charge in [0.15, 0.2) is 5.82 Å². The summed E-state index contributed by atoms with van der Waals surface area (Å²) in [6, 6.07) is 35.7. The fourth-order valence-corrected chi connectivity index (χ4v) is 4.86. The molecule has 4 aromatic carbocycles. The average molecular weight is 471 g/mol. The maximum absolute atomic E-state index is 11.7. The summed E-state index contributed by atoms with van der Waals surface area (Å²) in [6.07, 6.45) is 1.64. The molecule has 0 aliphatic heterocycles. The minimum absolute atomic E-state index is 0.177. The summed E-state index contributed by atoms with van der Waals surface area (Å²) in [6.45, 7) is 0. The lowest BCUT2D eigenvalue weighted by Gasteiger charge is -2.37. The first-order valence-electron chi connectivity index (χ1n) is 11.6. The zero-order chi connectivity index (χ0) is 24.5. The summed E-state index contributed by atoms with van der Waals surface area (Å²) in [5.41, 5.74) is 4.53. The number of nitrogens with zero attached hydrogens (tertiary/aromatic N) is 2. The zero-order valence-electron chi connectivity index (χ0n) is 19.2. The lowest BCUT2D eigenvalue weighted by atomic mass is 9.77. The third-order valence-electron chi connectivity index (χ3n) is 6.53. The number of aromatic amines is 1. The van der Waals surface area contributed by atoms with Crippen LogP contribution in [-0.2, 0) is 5.54 Å². The van der Waals surface area contributed by atoms with E-state index < -0.39 is 11.5 Å². The number of aromatic nitrogens is 3. The molecule has 0 bridgehead atoms. The molecule has 6 nitrogen and oxygen atoms in total. The van der Waals surface area contributed by atoms with Crippen molar-refractivity contribution >= 4 is 33.7 Å². The van der Waals surface area contributed by atoms with Crippen molar-refractivity contribution in [3.05, 3.63) is 138 Å². The topological polar surface area (TPSA) is 90.9 Å². The number of aromatic carboxylic acids is 1. The predicted molar refractivity (Wildman–Crippen MR) is 141 cm³/mol. The number of pyridine rings is 1. The summed E-state index contributed by atoms with van der Waals surface area (Å²) in [5.74, 6) is -0.420. The molecule has 36 heavy (non-hydrogen) atoms. The molecule has 0 spiro atoms. The lowest BCUT2D eigenvalue weighted by molar-refractivity contribution is 0.0697. The van der Waals surface area contributed by atoms with Gasteiger partial charge < -0.3 is 15.4 Å². The largest absolute Gasteiger partial charge is 0.478 e. The van der Waals surface area contributed by atoms with E-state index in [4.69, 9.17) is 4.98 Å². The van der Waals surface area contributed by atoms with Crippen LogP contribution in [-0.4, -0.2) is 26.0 Å². The van der Waals surface area contributed by atoms with E-state index in [0.29, 0.717) is 11.3 Å². The summed E-state index contributed by atoms with van der Waals surface area (Å²) in [5, 5.41) is 14.1. The van der Waals surface area contributed by atoms with Crippen LogP contribution in [0.1, 0.15) is 27.0 Å². The number of carbonyl (C=O) groups is 1. The number of fused-ring (bicyclic) bond motifs is 3. The van der Waals surface area contributed by atoms with Gasteiger partial charge in [-0.2, -0.15) is 0 Å². The van der Waals surface area contributed by atoms with Gasteiger partial charge in [0.25, 0.3) is 0 Å². The Labute approximate surface area is 207 Å². The lowest BCUT2D eigenvalue weighted by Crippen LogP contribution is -2.38. The molecule has 6 heteroatoms. The van der Waals surface area contributed by atoms with Crippen molar-refractivity contribution in [3.63, 3.8) is 0 Å². The smallest absolute Gasteiger partial charge is 0.335 e. The highest BCUT2D eigenvalue weighted by Gasteiger charge is 2.37. The Bertz CT molecular complexity index is 1580. The molecular weight excluding hydrogens is 448 g/mol. The second-order valence-corrected chi connectivity index (χ2v) is 8.60. The third-order valence-corrected chi connectivity index (χ3v) is 6.53. The number of nitrogens with one attached hydrogen (secondary N) is 2. The highest BCUT2D eigenvalue weighted by molar-refractivity contribution is 6.08. The normalized spacial score (nSPS) is 11.6. The van der Waals surface area contributed by atoms with Gasteiger partial charge in [0.05, 0.1) is 17.4 Å². The molecule has 2 heterocycles. The average Bonchev–Trinajstić information content (AvgIpc) is 3.43. The number of carboxylic acid groups (broad SMARTS) is 1. The summed E-state index contributed by atoms with van der Waals surface area (Å²) in [7, 11) is 0. The van der Waals surface area contributed by atoms with E-state index in [2.05, 4.69) is 51.7 Å². The van der Waals surface area contributed by atoms with Crippen molar-refractivity contribution in [2.75, 3.05) is 5.32 Å². The van der Waals surface area contributed by atoms with Crippen LogP contribution in [0.25, 0.3) is 21.9 Å². The number of hydrogen-bond acceptors (Lipinski definition) is 4. The van der Waals surface area contributed by atoms with Gasteiger partial charge in [-0.1, -0.05) is 91.0 Å². The number of carboxylic acids is 1. The number of imidazole rings is 1. The number of benzene rings is 4. The molecule has 6 rings (SSSR count). The van der Waals surface area contributed by atoms with E-state index >= 15 is 0 Å². The van der Waals surface area contributed by atoms with E-state index in [9.17, 15) is 9.90 Å². The predicted octanol–water partition coefficient (Wildman–Crippen LogP) is 6.21. The van der Waals surface area contributed by atoms with E-state index in [1.807, 2.05) is 54.6 Å². The Kier molecular flexibility index (Phi) is 5.19. The van der Waals surface area contributed by atoms with Crippen molar-refractivity contribution in [1.82, 2.24) is 15.0 Å². The molecule has 174 valence electrons. The first-order valence-corrected chi connectivity index (χ1v) is 11.6. The van der Waals surface area contributed by atoms with Gasteiger partial charge in [-0.05, 0) is 34.9 Å². The number of H-pyrrole nitrogens is 1. The van der Waals surface area contributed by atoms with Gasteiger partial charge in [0.1, 0.15) is 16.6 Å². The fraction of sp³-hybridized carbons (Fsp3) is 0.0333. The molecule has 0 fully saturated rings. The fourth-order valence-electron chi connectivity index (χ4n) is 4.86. The van der Waals surface area contributed by atoms with Crippen LogP contribution in [0.15, 0.2) is 116 Å². The molecule has 0 amide bonds. The number of rotatable bonds is 6. The second kappa shape index (κ2) is 8.67. The molecule has 0 aliphatic rings. The summed E-state index contributed by atoms with van der Waals surface area (Å²) < 4.78 is 0. The van der Waals surface area contributed by atoms with Crippen LogP contribution in [0, 0.1) is 0 Å². The molecule has 2 aromatic heterocycles. The van der Waals surface area contributed by atoms with Crippen molar-refractivity contribution in [2.45, 2.75) is 5.54 Å². The first kappa shape index (κ1) is 21.6. The summed E-state index contributed by atoms with van der Waals surface area (Å²) in [4.78, 5) is 24.4. The van der Waals surface area contributed by atoms with Crippen molar-refractivity contribution in [2.24, 2.45) is 0 Å². The Morgan fingerprint density at radius 2 is 1.33 bits per heavy atom. The molecule has 0 unspecified atom stereocenters. The first-order chi connectivity index (χ1) is 17.7. The third kappa shape index (κ3) is 3.47. The van der Waals surface area contributed by atoms with Crippen LogP contribution in [0.5, 0.6) is 0 Å². The Morgan fingerprint density at radius 1 is 0.778 bits per heavy atom. The van der Waals surface area contributed by atoms with Crippen LogP contribution in [0.3, 0.4) is 0 Å². The van der Waals surface area contributed by atoms with Crippen LogP contribution >= 0.6 is 0 Å². The highest BCUT2D eigenvalue weighted by atomic mass is 16.4. The minimum Gasteiger partial charge on any atom is -0.478 e. The van der Waals surface area contributed by atoms with Crippen molar-refractivity contribution < 1.29 is 9.90 Å². The van der Waals surface area contributed by atoms with Crippen LogP contribution < -0.4 is 5.32 Å². The van der Waals surface area contributed by atoms with Crippen LogP contribution in [0.4, 0.5) is 5.82 Å². The van der Waals surface area contributed by atoms with Gasteiger partial charge >= 0.3 is 5.97 Å². The molecule has 0 saturated carbocycles. The zero-order valence-corrected chi connectivity index (χ0v) is 19.2. The monoisotopic (exact) mass is 470 g/mol. The van der Waals surface area contributed by atoms with Gasteiger partial charge in [-0.3, -0.25) is 0 Å². The Balaban J connectivity index is 1.67. The molecule has 0 saturated heterocycles. The maximum Gasteiger partial charge on any atom is 0.335 e. The van der Waals surface area contributed by atoms with E-state index in [1.54, 1.807) is 24.5 Å². The second-order valence-electron chi connectivity index (χ2n) is 8.60. The van der Waals surface area contributed by atoms with Gasteiger partial charge in [-0.15, -0.1) is 0 Å². The molecule has 3 N–H and O–H groups in total. The minimum atomic E-state index is -0.998. The van der Waals surface area contributed by atoms with Gasteiger partial charge in [0.2, 0.25) is 0 Å². The maximum atomic E-state index is 11.7. The SMILES string of the molecule is O=C(O)c1ccc2c(c1)nc(NC(c1ccccc1)(c1ccccc1)c1ccccc1)c1[nH]cnc12. The van der Waals surface area contributed by atoms with E-state index in [0.717, 1.165) is 33.1 Å². The van der Waals surface area contributed by atoms with Crippen LogP contribution in [0.2, 0.25) is 0 Å². The molecule has 6 aromatic rings. The number of anilines is 1. The number of hydrogen-bond donors (Lipinski definition) is 3. The molecule has 0 aliphatic carbocycles. The van der Waals surface area contributed by atoms with E-state index in [1.165, 1.54) is 0 Å². The molecular formula is C30H22N4O2. The Morgan fingerprint density at radius 3 is 1.86 bits per heavy atom.